The second-order valence-corrected chi connectivity index (χ2v) is 3.72. The Morgan fingerprint density at radius 1 is 1.57 bits per heavy atom. The maximum atomic E-state index is 10.9. The van der Waals surface area contributed by atoms with E-state index >= 15 is 0 Å². The van der Waals surface area contributed by atoms with Gasteiger partial charge in [-0.05, 0) is 19.4 Å². The standard InChI is InChI=1S/C9H18N2O2S/c1-3-5-11(6-8(10)14)7(4-2)9(12)13/h7H,3-6H2,1-2H3,(H2,10,14)(H,12,13). The second-order valence-electron chi connectivity index (χ2n) is 3.20. The molecule has 0 aliphatic heterocycles. The second kappa shape index (κ2) is 6.73. The van der Waals surface area contributed by atoms with Crippen molar-refractivity contribution < 1.29 is 9.90 Å². The summed E-state index contributed by atoms with van der Waals surface area (Å²) in [6.45, 7) is 4.94. The monoisotopic (exact) mass is 218 g/mol. The lowest BCUT2D eigenvalue weighted by atomic mass is 10.2. The van der Waals surface area contributed by atoms with E-state index in [4.69, 9.17) is 23.1 Å². The molecule has 5 heteroatoms. The molecule has 14 heavy (non-hydrogen) atoms. The predicted molar refractivity (Wildman–Crippen MR) is 60.4 cm³/mol. The maximum absolute atomic E-state index is 10.9. The highest BCUT2D eigenvalue weighted by atomic mass is 32.1. The number of hydrogen-bond donors (Lipinski definition) is 2. The minimum absolute atomic E-state index is 0.346. The van der Waals surface area contributed by atoms with Gasteiger partial charge in [-0.25, -0.2) is 0 Å². The summed E-state index contributed by atoms with van der Waals surface area (Å²) in [6.07, 6.45) is 1.46. The van der Waals surface area contributed by atoms with Crippen LogP contribution in [0.4, 0.5) is 0 Å². The van der Waals surface area contributed by atoms with Crippen molar-refractivity contribution >= 4 is 23.2 Å². The van der Waals surface area contributed by atoms with Crippen LogP contribution in [0.2, 0.25) is 0 Å². The normalized spacial score (nSPS) is 12.8. The zero-order valence-electron chi connectivity index (χ0n) is 8.69. The van der Waals surface area contributed by atoms with Crippen LogP contribution in [0.1, 0.15) is 26.7 Å². The zero-order valence-corrected chi connectivity index (χ0v) is 9.51. The third-order valence-corrected chi connectivity index (χ3v) is 2.11. The molecular formula is C9H18N2O2S. The lowest BCUT2D eigenvalue weighted by Crippen LogP contribution is -2.45. The number of aliphatic carboxylic acids is 1. The highest BCUT2D eigenvalue weighted by Gasteiger charge is 2.23. The maximum Gasteiger partial charge on any atom is 0.320 e. The molecule has 0 aliphatic rings. The Bertz CT molecular complexity index is 209. The molecule has 1 atom stereocenters. The lowest BCUT2D eigenvalue weighted by Gasteiger charge is -2.26. The molecule has 1 unspecified atom stereocenters. The highest BCUT2D eigenvalue weighted by molar-refractivity contribution is 7.80. The zero-order chi connectivity index (χ0) is 11.1. The minimum Gasteiger partial charge on any atom is -0.480 e. The molecule has 0 fully saturated rings. The predicted octanol–water partition coefficient (Wildman–Crippen LogP) is 0.848. The summed E-state index contributed by atoms with van der Waals surface area (Å²) in [6, 6.07) is -0.476. The molecule has 0 saturated heterocycles. The molecule has 0 bridgehead atoms. The Morgan fingerprint density at radius 3 is 2.43 bits per heavy atom. The van der Waals surface area contributed by atoms with Gasteiger partial charge in [0.25, 0.3) is 0 Å². The third-order valence-electron chi connectivity index (χ3n) is 1.98. The van der Waals surface area contributed by atoms with E-state index in [9.17, 15) is 4.79 Å². The van der Waals surface area contributed by atoms with Gasteiger partial charge in [0.1, 0.15) is 6.04 Å². The summed E-state index contributed by atoms with van der Waals surface area (Å²) >= 11 is 4.78. The van der Waals surface area contributed by atoms with Crippen molar-refractivity contribution in [3.63, 3.8) is 0 Å². The molecule has 0 amide bonds. The fourth-order valence-corrected chi connectivity index (χ4v) is 1.59. The van der Waals surface area contributed by atoms with Gasteiger partial charge >= 0.3 is 5.97 Å². The Hall–Kier alpha value is -0.680. The van der Waals surface area contributed by atoms with Crippen LogP contribution in [0.3, 0.4) is 0 Å². The largest absolute Gasteiger partial charge is 0.480 e. The highest BCUT2D eigenvalue weighted by Crippen LogP contribution is 2.05. The average molecular weight is 218 g/mol. The number of carboxylic acids is 1. The number of thiocarbonyl (C=S) groups is 1. The first-order valence-corrected chi connectivity index (χ1v) is 5.18. The van der Waals surface area contributed by atoms with Gasteiger partial charge in [-0.3, -0.25) is 9.69 Å². The molecule has 0 aliphatic carbocycles. The summed E-state index contributed by atoms with van der Waals surface area (Å²) in [5.41, 5.74) is 5.41. The molecule has 0 aromatic carbocycles. The van der Waals surface area contributed by atoms with Gasteiger partial charge in [-0.15, -0.1) is 0 Å². The number of nitrogens with zero attached hydrogens (tertiary/aromatic N) is 1. The van der Waals surface area contributed by atoms with Gasteiger partial charge in [-0.1, -0.05) is 26.1 Å². The Morgan fingerprint density at radius 2 is 2.14 bits per heavy atom. The molecule has 3 N–H and O–H groups in total. The smallest absolute Gasteiger partial charge is 0.320 e. The van der Waals surface area contributed by atoms with E-state index in [-0.39, 0.29) is 0 Å². The van der Waals surface area contributed by atoms with E-state index in [0.717, 1.165) is 6.42 Å². The van der Waals surface area contributed by atoms with Gasteiger partial charge in [0.15, 0.2) is 0 Å². The van der Waals surface area contributed by atoms with E-state index in [2.05, 4.69) is 0 Å². The topological polar surface area (TPSA) is 66.6 Å². The van der Waals surface area contributed by atoms with Crippen molar-refractivity contribution in [3.8, 4) is 0 Å². The van der Waals surface area contributed by atoms with Gasteiger partial charge < -0.3 is 10.8 Å². The van der Waals surface area contributed by atoms with Crippen LogP contribution in [-0.2, 0) is 4.79 Å². The van der Waals surface area contributed by atoms with E-state index in [1.807, 2.05) is 18.7 Å². The van der Waals surface area contributed by atoms with Crippen LogP contribution in [0.15, 0.2) is 0 Å². The van der Waals surface area contributed by atoms with Crippen LogP contribution in [-0.4, -0.2) is 40.1 Å². The van der Waals surface area contributed by atoms with Crippen molar-refractivity contribution in [3.05, 3.63) is 0 Å². The van der Waals surface area contributed by atoms with Crippen molar-refractivity contribution in [2.24, 2.45) is 5.73 Å². The number of carbonyl (C=O) groups is 1. The molecule has 0 spiro atoms. The van der Waals surface area contributed by atoms with Crippen molar-refractivity contribution in [2.75, 3.05) is 13.1 Å². The first-order valence-electron chi connectivity index (χ1n) is 4.78. The first-order chi connectivity index (χ1) is 6.52. The molecule has 82 valence electrons. The molecule has 0 aromatic rings. The van der Waals surface area contributed by atoms with Gasteiger partial charge in [0, 0.05) is 6.54 Å². The Kier molecular flexibility index (Phi) is 6.40. The fourth-order valence-electron chi connectivity index (χ4n) is 1.42. The minimum atomic E-state index is -0.808. The summed E-state index contributed by atoms with van der Waals surface area (Å²) < 4.78 is 0. The van der Waals surface area contributed by atoms with E-state index in [0.29, 0.717) is 24.5 Å². The summed E-state index contributed by atoms with van der Waals surface area (Å²) in [7, 11) is 0. The number of carboxylic acid groups (broad SMARTS) is 1. The number of nitrogens with two attached hydrogens (primary N) is 1. The van der Waals surface area contributed by atoms with E-state index in [1.165, 1.54) is 0 Å². The van der Waals surface area contributed by atoms with Crippen LogP contribution in [0.5, 0.6) is 0 Å². The number of rotatable bonds is 7. The van der Waals surface area contributed by atoms with Crippen LogP contribution >= 0.6 is 12.2 Å². The first kappa shape index (κ1) is 13.3. The van der Waals surface area contributed by atoms with E-state index < -0.39 is 12.0 Å². The SMILES string of the molecule is CCCN(CC(N)=S)C(CC)C(=O)O. The fraction of sp³-hybridized carbons (Fsp3) is 0.778. The molecule has 0 rings (SSSR count). The van der Waals surface area contributed by atoms with Crippen molar-refractivity contribution in [1.82, 2.24) is 4.90 Å². The Labute approximate surface area is 90.1 Å². The number of hydrogen-bond acceptors (Lipinski definition) is 3. The third kappa shape index (κ3) is 4.53. The van der Waals surface area contributed by atoms with Crippen LogP contribution in [0.25, 0.3) is 0 Å². The Balaban J connectivity index is 4.42. The van der Waals surface area contributed by atoms with Crippen LogP contribution in [0, 0.1) is 0 Å². The quantitative estimate of drug-likeness (QED) is 0.620. The molecule has 0 heterocycles. The van der Waals surface area contributed by atoms with Gasteiger partial charge in [-0.2, -0.15) is 0 Å². The van der Waals surface area contributed by atoms with Gasteiger partial charge in [0.2, 0.25) is 0 Å². The molecule has 0 radical (unpaired) electrons. The summed E-state index contributed by atoms with van der Waals surface area (Å²) in [5, 5.41) is 8.96. The molecular weight excluding hydrogens is 200 g/mol. The van der Waals surface area contributed by atoms with Crippen molar-refractivity contribution in [2.45, 2.75) is 32.7 Å². The lowest BCUT2D eigenvalue weighted by molar-refractivity contribution is -0.143. The molecule has 4 nitrogen and oxygen atoms in total. The molecule has 0 aromatic heterocycles. The van der Waals surface area contributed by atoms with Crippen LogP contribution < -0.4 is 5.73 Å². The average Bonchev–Trinajstić information content (AvgIpc) is 2.03. The summed E-state index contributed by atoms with van der Waals surface area (Å²) in [4.78, 5) is 13.1. The van der Waals surface area contributed by atoms with E-state index in [1.54, 1.807) is 0 Å². The van der Waals surface area contributed by atoms with Gasteiger partial charge in [0.05, 0.1) is 4.99 Å². The van der Waals surface area contributed by atoms with Crippen molar-refractivity contribution in [1.29, 1.82) is 0 Å². The summed E-state index contributed by atoms with van der Waals surface area (Å²) in [5.74, 6) is -0.808. The molecule has 0 saturated carbocycles.